The van der Waals surface area contributed by atoms with E-state index >= 15 is 0 Å². The minimum absolute atomic E-state index is 0.0309. The molecule has 0 aromatic carbocycles. The highest BCUT2D eigenvalue weighted by Gasteiger charge is 2.23. The average Bonchev–Trinajstić information content (AvgIpc) is 2.38. The Bertz CT molecular complexity index is 455. The summed E-state index contributed by atoms with van der Waals surface area (Å²) in [5.74, 6) is 0.359. The van der Waals surface area contributed by atoms with Crippen LogP contribution >= 0.6 is 0 Å². The second-order valence-electron chi connectivity index (χ2n) is 3.62. The minimum Gasteiger partial charge on any atom is -0.395 e. The van der Waals surface area contributed by atoms with Gasteiger partial charge in [-0.2, -0.15) is 4.31 Å². The highest BCUT2D eigenvalue weighted by atomic mass is 32.2. The number of rotatable bonds is 7. The molecule has 0 spiro atoms. The second-order valence-corrected chi connectivity index (χ2v) is 5.56. The van der Waals surface area contributed by atoms with Crippen LogP contribution in [0.4, 0.5) is 5.95 Å². The van der Waals surface area contributed by atoms with Crippen molar-refractivity contribution in [3.8, 4) is 0 Å². The van der Waals surface area contributed by atoms with E-state index in [1.165, 1.54) is 16.7 Å². The zero-order chi connectivity index (χ0) is 13.6. The number of nitrogens with one attached hydrogen (secondary N) is 1. The van der Waals surface area contributed by atoms with Crippen molar-refractivity contribution in [1.29, 1.82) is 0 Å². The Morgan fingerprint density at radius 1 is 1.33 bits per heavy atom. The summed E-state index contributed by atoms with van der Waals surface area (Å²) in [6.07, 6.45) is 3.19. The summed E-state index contributed by atoms with van der Waals surface area (Å²) in [4.78, 5) is 7.78. The average molecular weight is 274 g/mol. The van der Waals surface area contributed by atoms with E-state index in [2.05, 4.69) is 15.3 Å². The lowest BCUT2D eigenvalue weighted by molar-refractivity contribution is 0.253. The van der Waals surface area contributed by atoms with Gasteiger partial charge in [-0.3, -0.25) is 0 Å². The zero-order valence-electron chi connectivity index (χ0n) is 10.5. The second kappa shape index (κ2) is 6.62. The molecular weight excluding hydrogens is 256 g/mol. The third-order valence-corrected chi connectivity index (χ3v) is 4.16. The summed E-state index contributed by atoms with van der Waals surface area (Å²) in [6.45, 7) is 2.09. The molecule has 0 bridgehead atoms. The molecule has 0 radical (unpaired) electrons. The fourth-order valence-electron chi connectivity index (χ4n) is 1.44. The Balaban J connectivity index is 3.01. The molecule has 0 saturated heterocycles. The summed E-state index contributed by atoms with van der Waals surface area (Å²) in [5, 5.41) is 11.6. The number of hydrogen-bond acceptors (Lipinski definition) is 6. The molecule has 18 heavy (non-hydrogen) atoms. The number of hydrogen-bond donors (Lipinski definition) is 2. The standard InChI is InChI=1S/C10H18N4O3S/c1-3-4-14(5-6-15)18(16,17)9-7-12-10(11-2)13-8-9/h7-8,15H,3-6H2,1-2H3,(H,11,12,13). The van der Waals surface area contributed by atoms with Crippen LogP contribution in [-0.4, -0.2) is 54.5 Å². The van der Waals surface area contributed by atoms with E-state index in [1.54, 1.807) is 7.05 Å². The van der Waals surface area contributed by atoms with Crippen molar-refractivity contribution in [2.45, 2.75) is 18.2 Å². The lowest BCUT2D eigenvalue weighted by Crippen LogP contribution is -2.34. The molecule has 0 aliphatic carbocycles. The number of nitrogens with zero attached hydrogens (tertiary/aromatic N) is 3. The van der Waals surface area contributed by atoms with Gasteiger partial charge in [-0.15, -0.1) is 0 Å². The summed E-state index contributed by atoms with van der Waals surface area (Å²) in [6, 6.07) is 0. The van der Waals surface area contributed by atoms with Gasteiger partial charge in [-0.25, -0.2) is 18.4 Å². The molecule has 1 rings (SSSR count). The number of aliphatic hydroxyl groups is 1. The first kappa shape index (κ1) is 14.8. The SMILES string of the molecule is CCCN(CCO)S(=O)(=O)c1cnc(NC)nc1. The molecule has 1 aromatic rings. The Morgan fingerprint density at radius 2 is 1.94 bits per heavy atom. The topological polar surface area (TPSA) is 95.4 Å². The Kier molecular flexibility index (Phi) is 5.45. The van der Waals surface area contributed by atoms with Crippen LogP contribution < -0.4 is 5.32 Å². The molecule has 0 unspecified atom stereocenters. The highest BCUT2D eigenvalue weighted by molar-refractivity contribution is 7.89. The summed E-state index contributed by atoms with van der Waals surface area (Å²) in [5.41, 5.74) is 0. The largest absolute Gasteiger partial charge is 0.395 e. The van der Waals surface area contributed by atoms with Crippen LogP contribution in [0.25, 0.3) is 0 Å². The van der Waals surface area contributed by atoms with Gasteiger partial charge < -0.3 is 10.4 Å². The van der Waals surface area contributed by atoms with Gasteiger partial charge in [0.05, 0.1) is 19.0 Å². The number of aromatic nitrogens is 2. The van der Waals surface area contributed by atoms with Gasteiger partial charge in [0.2, 0.25) is 16.0 Å². The van der Waals surface area contributed by atoms with E-state index in [9.17, 15) is 8.42 Å². The maximum Gasteiger partial charge on any atom is 0.246 e. The highest BCUT2D eigenvalue weighted by Crippen LogP contribution is 2.14. The monoisotopic (exact) mass is 274 g/mol. The first-order valence-electron chi connectivity index (χ1n) is 5.67. The fourth-order valence-corrected chi connectivity index (χ4v) is 2.86. The maximum atomic E-state index is 12.2. The first-order valence-corrected chi connectivity index (χ1v) is 7.11. The molecule has 0 aliphatic rings. The maximum absolute atomic E-state index is 12.2. The molecule has 0 fully saturated rings. The Labute approximate surface area is 107 Å². The minimum atomic E-state index is -3.63. The van der Waals surface area contributed by atoms with Gasteiger partial charge >= 0.3 is 0 Å². The molecular formula is C10H18N4O3S. The van der Waals surface area contributed by atoms with Crippen LogP contribution in [0.3, 0.4) is 0 Å². The van der Waals surface area contributed by atoms with Gasteiger partial charge in [0, 0.05) is 20.1 Å². The molecule has 1 aromatic heterocycles. The third kappa shape index (κ3) is 3.37. The van der Waals surface area contributed by atoms with Crippen molar-refractivity contribution < 1.29 is 13.5 Å². The van der Waals surface area contributed by atoms with Crippen LogP contribution in [0, 0.1) is 0 Å². The third-order valence-electron chi connectivity index (χ3n) is 2.31. The van der Waals surface area contributed by atoms with Gasteiger partial charge in [-0.1, -0.05) is 6.92 Å². The molecule has 102 valence electrons. The van der Waals surface area contributed by atoms with Crippen molar-refractivity contribution >= 4 is 16.0 Å². The molecule has 8 heteroatoms. The van der Waals surface area contributed by atoms with Crippen molar-refractivity contribution in [2.24, 2.45) is 0 Å². The molecule has 1 heterocycles. The first-order chi connectivity index (χ1) is 8.56. The van der Waals surface area contributed by atoms with Gasteiger partial charge in [0.25, 0.3) is 0 Å². The predicted molar refractivity (Wildman–Crippen MR) is 67.7 cm³/mol. The van der Waals surface area contributed by atoms with E-state index in [0.29, 0.717) is 18.9 Å². The number of anilines is 1. The molecule has 0 atom stereocenters. The number of aliphatic hydroxyl groups excluding tert-OH is 1. The predicted octanol–water partition coefficient (Wildman–Crippen LogP) is -0.0887. The van der Waals surface area contributed by atoms with Crippen molar-refractivity contribution in [3.05, 3.63) is 12.4 Å². The molecule has 0 saturated carbocycles. The van der Waals surface area contributed by atoms with Crippen LogP contribution in [0.1, 0.15) is 13.3 Å². The zero-order valence-corrected chi connectivity index (χ0v) is 11.3. The van der Waals surface area contributed by atoms with E-state index < -0.39 is 10.0 Å². The lowest BCUT2D eigenvalue weighted by Gasteiger charge is -2.20. The van der Waals surface area contributed by atoms with Crippen LogP contribution in [0.2, 0.25) is 0 Å². The van der Waals surface area contributed by atoms with Crippen LogP contribution in [-0.2, 0) is 10.0 Å². The van der Waals surface area contributed by atoms with E-state index in [1.807, 2.05) is 6.92 Å². The molecule has 0 aliphatic heterocycles. The van der Waals surface area contributed by atoms with E-state index in [-0.39, 0.29) is 18.0 Å². The van der Waals surface area contributed by atoms with Gasteiger partial charge in [0.15, 0.2) is 0 Å². The van der Waals surface area contributed by atoms with Gasteiger partial charge in [-0.05, 0) is 6.42 Å². The summed E-state index contributed by atoms with van der Waals surface area (Å²) < 4.78 is 25.7. The summed E-state index contributed by atoms with van der Waals surface area (Å²) >= 11 is 0. The quantitative estimate of drug-likeness (QED) is 0.721. The van der Waals surface area contributed by atoms with Gasteiger partial charge in [0.1, 0.15) is 4.90 Å². The fraction of sp³-hybridized carbons (Fsp3) is 0.600. The van der Waals surface area contributed by atoms with Crippen LogP contribution in [0.5, 0.6) is 0 Å². The lowest BCUT2D eigenvalue weighted by atomic mass is 10.5. The Morgan fingerprint density at radius 3 is 2.39 bits per heavy atom. The molecule has 0 amide bonds. The van der Waals surface area contributed by atoms with Crippen molar-refractivity contribution in [2.75, 3.05) is 32.1 Å². The van der Waals surface area contributed by atoms with E-state index in [4.69, 9.17) is 5.11 Å². The normalized spacial score (nSPS) is 11.8. The molecule has 7 nitrogen and oxygen atoms in total. The summed E-state index contributed by atoms with van der Waals surface area (Å²) in [7, 11) is -1.98. The van der Waals surface area contributed by atoms with E-state index in [0.717, 1.165) is 0 Å². The molecule has 2 N–H and O–H groups in total. The number of sulfonamides is 1. The van der Waals surface area contributed by atoms with Crippen LogP contribution in [0.15, 0.2) is 17.3 Å². The van der Waals surface area contributed by atoms with Crippen molar-refractivity contribution in [3.63, 3.8) is 0 Å². The van der Waals surface area contributed by atoms with Crippen molar-refractivity contribution in [1.82, 2.24) is 14.3 Å². The Hall–Kier alpha value is -1.25. The smallest absolute Gasteiger partial charge is 0.246 e.